The molecule has 1 unspecified atom stereocenters. The minimum atomic E-state index is -0.681. The molecule has 1 heterocycles. The minimum absolute atomic E-state index is 0.0104. The average Bonchev–Trinajstić information content (AvgIpc) is 2.83. The van der Waals surface area contributed by atoms with Crippen LogP contribution in [0, 0.1) is 5.82 Å². The molecule has 1 fully saturated rings. The van der Waals surface area contributed by atoms with Crippen molar-refractivity contribution in [3.63, 3.8) is 0 Å². The average molecular weight is 498 g/mol. The van der Waals surface area contributed by atoms with Gasteiger partial charge in [0.15, 0.2) is 5.17 Å². The lowest BCUT2D eigenvalue weighted by atomic mass is 10.2. The van der Waals surface area contributed by atoms with Crippen LogP contribution in [0.4, 0.5) is 15.8 Å². The summed E-state index contributed by atoms with van der Waals surface area (Å²) < 4.78 is 18.6. The lowest BCUT2D eigenvalue weighted by molar-refractivity contribution is -0.129. The summed E-state index contributed by atoms with van der Waals surface area (Å²) in [6.07, 6.45) is 0.0104. The van der Waals surface area contributed by atoms with E-state index in [1.807, 2.05) is 12.1 Å². The third-order valence-corrected chi connectivity index (χ3v) is 6.51. The number of benzene rings is 3. The second kappa shape index (κ2) is 10.7. The van der Waals surface area contributed by atoms with Gasteiger partial charge < -0.3 is 10.1 Å². The van der Waals surface area contributed by atoms with Crippen molar-refractivity contribution >= 4 is 51.7 Å². The predicted octanol–water partition coefficient (Wildman–Crippen LogP) is 5.65. The van der Waals surface area contributed by atoms with Gasteiger partial charge in [0.1, 0.15) is 16.8 Å². The number of methoxy groups -OCH3 is 1. The number of aliphatic imine (C=N–C) groups is 1. The van der Waals surface area contributed by atoms with Crippen molar-refractivity contribution in [1.29, 1.82) is 0 Å². The van der Waals surface area contributed by atoms with Crippen LogP contribution in [0.2, 0.25) is 5.02 Å². The number of anilines is 1. The fraction of sp³-hybridized carbons (Fsp3) is 0.160. The first kappa shape index (κ1) is 23.8. The molecule has 0 aromatic heterocycles. The van der Waals surface area contributed by atoms with Gasteiger partial charge in [0.2, 0.25) is 11.8 Å². The van der Waals surface area contributed by atoms with Crippen LogP contribution in [0.3, 0.4) is 0 Å². The molecule has 9 heteroatoms. The summed E-state index contributed by atoms with van der Waals surface area (Å²) in [4.78, 5) is 32.2. The van der Waals surface area contributed by atoms with Crippen LogP contribution in [0.1, 0.15) is 12.0 Å². The lowest BCUT2D eigenvalue weighted by Gasteiger charge is -2.32. The van der Waals surface area contributed by atoms with Gasteiger partial charge in [-0.15, -0.1) is 0 Å². The van der Waals surface area contributed by atoms with Crippen LogP contribution >= 0.6 is 23.4 Å². The summed E-state index contributed by atoms with van der Waals surface area (Å²) in [7, 11) is 1.55. The molecule has 1 N–H and O–H groups in total. The third-order valence-electron chi connectivity index (χ3n) is 5.07. The Kier molecular flexibility index (Phi) is 7.49. The Labute approximate surface area is 205 Å². The lowest BCUT2D eigenvalue weighted by Crippen LogP contribution is -2.44. The molecule has 1 saturated heterocycles. The van der Waals surface area contributed by atoms with E-state index in [4.69, 9.17) is 16.3 Å². The highest BCUT2D eigenvalue weighted by molar-refractivity contribution is 8.15. The normalized spacial score (nSPS) is 17.0. The summed E-state index contributed by atoms with van der Waals surface area (Å²) in [6.45, 7) is 0.271. The number of nitrogens with zero attached hydrogens (tertiary/aromatic N) is 2. The Morgan fingerprint density at radius 1 is 1.18 bits per heavy atom. The van der Waals surface area contributed by atoms with Gasteiger partial charge in [-0.3, -0.25) is 14.5 Å². The molecule has 0 saturated carbocycles. The fourth-order valence-electron chi connectivity index (χ4n) is 3.32. The summed E-state index contributed by atoms with van der Waals surface area (Å²) in [5, 5.41) is 3.12. The number of rotatable bonds is 6. The molecule has 0 radical (unpaired) electrons. The number of amides is 2. The van der Waals surface area contributed by atoms with Gasteiger partial charge in [-0.1, -0.05) is 41.6 Å². The molecule has 1 aliphatic heterocycles. The van der Waals surface area contributed by atoms with E-state index in [1.54, 1.807) is 43.5 Å². The first-order valence-electron chi connectivity index (χ1n) is 10.4. The number of hydrogen-bond donors (Lipinski definition) is 1. The first-order chi connectivity index (χ1) is 16.4. The maximum atomic E-state index is 13.4. The van der Waals surface area contributed by atoms with Crippen LogP contribution in [0.15, 0.2) is 77.8 Å². The third kappa shape index (κ3) is 5.95. The zero-order valence-electron chi connectivity index (χ0n) is 18.2. The van der Waals surface area contributed by atoms with Crippen molar-refractivity contribution in [2.45, 2.75) is 18.2 Å². The topological polar surface area (TPSA) is 71.0 Å². The number of halogens is 2. The highest BCUT2D eigenvalue weighted by atomic mass is 35.5. The maximum Gasteiger partial charge on any atom is 0.238 e. The monoisotopic (exact) mass is 497 g/mol. The van der Waals surface area contributed by atoms with Gasteiger partial charge in [-0.25, -0.2) is 9.38 Å². The van der Waals surface area contributed by atoms with E-state index < -0.39 is 5.25 Å². The summed E-state index contributed by atoms with van der Waals surface area (Å²) in [5.41, 5.74) is 1.91. The van der Waals surface area contributed by atoms with E-state index in [1.165, 1.54) is 40.9 Å². The van der Waals surface area contributed by atoms with Crippen LogP contribution in [-0.2, 0) is 16.1 Å². The largest absolute Gasteiger partial charge is 0.497 e. The van der Waals surface area contributed by atoms with E-state index in [0.717, 1.165) is 5.56 Å². The van der Waals surface area contributed by atoms with Gasteiger partial charge >= 0.3 is 0 Å². The highest BCUT2D eigenvalue weighted by Crippen LogP contribution is 2.31. The van der Waals surface area contributed by atoms with Crippen molar-refractivity contribution in [3.8, 4) is 5.75 Å². The van der Waals surface area contributed by atoms with E-state index >= 15 is 0 Å². The van der Waals surface area contributed by atoms with Crippen molar-refractivity contribution in [3.05, 3.63) is 89.2 Å². The maximum absolute atomic E-state index is 13.4. The number of thioether (sulfide) groups is 1. The Morgan fingerprint density at radius 2 is 1.91 bits per heavy atom. The van der Waals surface area contributed by atoms with Gasteiger partial charge in [0.05, 0.1) is 19.3 Å². The second-order valence-electron chi connectivity index (χ2n) is 7.51. The molecule has 3 aromatic carbocycles. The molecule has 4 rings (SSSR count). The highest BCUT2D eigenvalue weighted by Gasteiger charge is 2.36. The van der Waals surface area contributed by atoms with Crippen LogP contribution in [0.5, 0.6) is 5.75 Å². The molecule has 1 aliphatic rings. The molecule has 3 aromatic rings. The molecule has 2 amide bonds. The Balaban J connectivity index is 1.59. The van der Waals surface area contributed by atoms with E-state index in [-0.39, 0.29) is 30.6 Å². The van der Waals surface area contributed by atoms with Crippen LogP contribution in [-0.4, -0.2) is 34.2 Å². The standard InChI is InChI=1S/C25H21ClFN3O3S/c1-33-21-4-2-3-20(13-21)28-24(32)22-14-23(31)30(15-16-5-7-17(26)8-6-16)25(34-22)29-19-11-9-18(27)10-12-19/h2-13,22H,14-15H2,1H3,(H,28,32). The van der Waals surface area contributed by atoms with E-state index in [2.05, 4.69) is 10.3 Å². The second-order valence-corrected chi connectivity index (χ2v) is 9.12. The number of carbonyl (C=O) groups is 2. The van der Waals surface area contributed by atoms with Gasteiger partial charge in [0, 0.05) is 23.2 Å². The van der Waals surface area contributed by atoms with Crippen molar-refractivity contribution < 1.29 is 18.7 Å². The summed E-state index contributed by atoms with van der Waals surface area (Å²) in [6, 6.07) is 19.8. The summed E-state index contributed by atoms with van der Waals surface area (Å²) >= 11 is 7.17. The number of ether oxygens (including phenoxy) is 1. The Bertz CT molecular complexity index is 1220. The molecule has 0 aliphatic carbocycles. The molecule has 34 heavy (non-hydrogen) atoms. The first-order valence-corrected chi connectivity index (χ1v) is 11.7. The molecular weight excluding hydrogens is 477 g/mol. The predicted molar refractivity (Wildman–Crippen MR) is 133 cm³/mol. The zero-order valence-corrected chi connectivity index (χ0v) is 19.8. The molecular formula is C25H21ClFN3O3S. The molecule has 0 spiro atoms. The number of hydrogen-bond acceptors (Lipinski definition) is 5. The molecule has 1 atom stereocenters. The SMILES string of the molecule is COc1cccc(NC(=O)C2CC(=O)N(Cc3ccc(Cl)cc3)C(=Nc3ccc(F)cc3)S2)c1. The number of amidine groups is 1. The van der Waals surface area contributed by atoms with Gasteiger partial charge in [-0.05, 0) is 54.1 Å². The molecule has 6 nitrogen and oxygen atoms in total. The van der Waals surface area contributed by atoms with E-state index in [9.17, 15) is 14.0 Å². The zero-order chi connectivity index (χ0) is 24.1. The Morgan fingerprint density at radius 3 is 2.62 bits per heavy atom. The quantitative estimate of drug-likeness (QED) is 0.478. The number of carbonyl (C=O) groups excluding carboxylic acids is 2. The number of nitrogens with one attached hydrogen (secondary N) is 1. The Hall–Kier alpha value is -3.36. The summed E-state index contributed by atoms with van der Waals surface area (Å²) in [5.74, 6) is -0.326. The van der Waals surface area contributed by atoms with Gasteiger partial charge in [-0.2, -0.15) is 0 Å². The van der Waals surface area contributed by atoms with E-state index in [0.29, 0.717) is 27.3 Å². The van der Waals surface area contributed by atoms with Gasteiger partial charge in [0.25, 0.3) is 0 Å². The van der Waals surface area contributed by atoms with Crippen LogP contribution < -0.4 is 10.1 Å². The smallest absolute Gasteiger partial charge is 0.238 e. The molecule has 174 valence electrons. The van der Waals surface area contributed by atoms with Crippen molar-refractivity contribution in [1.82, 2.24) is 4.90 Å². The van der Waals surface area contributed by atoms with Crippen molar-refractivity contribution in [2.24, 2.45) is 4.99 Å². The van der Waals surface area contributed by atoms with Crippen molar-refractivity contribution in [2.75, 3.05) is 12.4 Å². The minimum Gasteiger partial charge on any atom is -0.497 e. The van der Waals surface area contributed by atoms with Crippen LogP contribution in [0.25, 0.3) is 0 Å². The fourth-order valence-corrected chi connectivity index (χ4v) is 4.54. The molecule has 0 bridgehead atoms.